The summed E-state index contributed by atoms with van der Waals surface area (Å²) in [5.74, 6) is -0.118. The summed E-state index contributed by atoms with van der Waals surface area (Å²) in [6.07, 6.45) is -0.176. The van der Waals surface area contributed by atoms with Crippen molar-refractivity contribution >= 4 is 29.1 Å². The van der Waals surface area contributed by atoms with Crippen LogP contribution in [-0.2, 0) is 20.7 Å². The second kappa shape index (κ2) is 9.19. The SMILES string of the molecule is CCOC(CNC(=O)Cc1ccc(Cl)c(Cl)c1)OCC. The Balaban J connectivity index is 2.44. The molecule has 0 heterocycles. The minimum atomic E-state index is -0.414. The highest BCUT2D eigenvalue weighted by atomic mass is 35.5. The van der Waals surface area contributed by atoms with Gasteiger partial charge in [0.1, 0.15) is 0 Å². The zero-order valence-electron chi connectivity index (χ0n) is 11.6. The van der Waals surface area contributed by atoms with Crippen molar-refractivity contribution in [2.45, 2.75) is 26.6 Å². The first-order chi connectivity index (χ1) is 9.56. The van der Waals surface area contributed by atoms with Crippen LogP contribution in [0.4, 0.5) is 0 Å². The average Bonchev–Trinajstić information content (AvgIpc) is 2.41. The number of ether oxygens (including phenoxy) is 2. The Morgan fingerprint density at radius 2 is 1.85 bits per heavy atom. The number of carbonyl (C=O) groups excluding carboxylic acids is 1. The summed E-state index contributed by atoms with van der Waals surface area (Å²) in [6, 6.07) is 5.14. The van der Waals surface area contributed by atoms with Gasteiger partial charge in [-0.15, -0.1) is 0 Å². The highest BCUT2D eigenvalue weighted by molar-refractivity contribution is 6.42. The molecule has 20 heavy (non-hydrogen) atoms. The first-order valence-corrected chi connectivity index (χ1v) is 7.26. The quantitative estimate of drug-likeness (QED) is 0.749. The van der Waals surface area contributed by atoms with Crippen LogP contribution in [0.15, 0.2) is 18.2 Å². The summed E-state index contributed by atoms with van der Waals surface area (Å²) in [4.78, 5) is 11.8. The van der Waals surface area contributed by atoms with E-state index in [2.05, 4.69) is 5.32 Å². The van der Waals surface area contributed by atoms with E-state index in [-0.39, 0.29) is 12.3 Å². The van der Waals surface area contributed by atoms with Gasteiger partial charge in [0, 0.05) is 13.2 Å². The first kappa shape index (κ1) is 17.2. The first-order valence-electron chi connectivity index (χ1n) is 6.50. The second-order valence-corrected chi connectivity index (χ2v) is 4.88. The molecular weight excluding hydrogens is 301 g/mol. The molecule has 1 aromatic rings. The van der Waals surface area contributed by atoms with Crippen molar-refractivity contribution in [3.05, 3.63) is 33.8 Å². The van der Waals surface area contributed by atoms with E-state index in [1.54, 1.807) is 18.2 Å². The summed E-state index contributed by atoms with van der Waals surface area (Å²) in [7, 11) is 0. The van der Waals surface area contributed by atoms with Crippen molar-refractivity contribution in [2.24, 2.45) is 0 Å². The van der Waals surface area contributed by atoms with Crippen molar-refractivity contribution in [1.82, 2.24) is 5.32 Å². The molecule has 1 aromatic carbocycles. The Morgan fingerprint density at radius 3 is 2.40 bits per heavy atom. The van der Waals surface area contributed by atoms with Gasteiger partial charge in [-0.05, 0) is 31.5 Å². The smallest absolute Gasteiger partial charge is 0.224 e. The number of nitrogens with one attached hydrogen (secondary N) is 1. The van der Waals surface area contributed by atoms with E-state index < -0.39 is 6.29 Å². The number of rotatable bonds is 8. The minimum absolute atomic E-state index is 0.118. The largest absolute Gasteiger partial charge is 0.351 e. The van der Waals surface area contributed by atoms with Gasteiger partial charge in [0.25, 0.3) is 0 Å². The molecule has 0 aliphatic heterocycles. The van der Waals surface area contributed by atoms with Crippen LogP contribution >= 0.6 is 23.2 Å². The van der Waals surface area contributed by atoms with E-state index in [1.807, 2.05) is 13.8 Å². The number of halogens is 2. The Morgan fingerprint density at radius 1 is 1.20 bits per heavy atom. The van der Waals surface area contributed by atoms with Gasteiger partial charge in [-0.2, -0.15) is 0 Å². The third-order valence-corrected chi connectivity index (χ3v) is 3.26. The molecule has 4 nitrogen and oxygen atoms in total. The molecule has 1 amide bonds. The maximum Gasteiger partial charge on any atom is 0.224 e. The van der Waals surface area contributed by atoms with E-state index in [9.17, 15) is 4.79 Å². The summed E-state index contributed by atoms with van der Waals surface area (Å²) in [5, 5.41) is 3.69. The maximum absolute atomic E-state index is 11.8. The fraction of sp³-hybridized carbons (Fsp3) is 0.500. The monoisotopic (exact) mass is 319 g/mol. The van der Waals surface area contributed by atoms with Crippen LogP contribution in [0.2, 0.25) is 10.0 Å². The van der Waals surface area contributed by atoms with Gasteiger partial charge in [0.2, 0.25) is 5.91 Å². The van der Waals surface area contributed by atoms with Crippen molar-refractivity contribution in [2.75, 3.05) is 19.8 Å². The van der Waals surface area contributed by atoms with E-state index >= 15 is 0 Å². The standard InChI is InChI=1S/C14H19Cl2NO3/c1-3-19-14(20-4-2)9-17-13(18)8-10-5-6-11(15)12(16)7-10/h5-7,14H,3-4,8-9H2,1-2H3,(H,17,18). The van der Waals surface area contributed by atoms with Crippen LogP contribution in [0.25, 0.3) is 0 Å². The van der Waals surface area contributed by atoms with Crippen LogP contribution in [0.5, 0.6) is 0 Å². The van der Waals surface area contributed by atoms with Gasteiger partial charge in [-0.3, -0.25) is 4.79 Å². The number of amides is 1. The molecule has 0 radical (unpaired) electrons. The molecule has 0 fully saturated rings. The number of hydrogen-bond acceptors (Lipinski definition) is 3. The predicted octanol–water partition coefficient (Wildman–Crippen LogP) is 3.05. The molecule has 0 saturated carbocycles. The molecule has 1 N–H and O–H groups in total. The molecule has 0 unspecified atom stereocenters. The van der Waals surface area contributed by atoms with Gasteiger partial charge < -0.3 is 14.8 Å². The zero-order valence-corrected chi connectivity index (χ0v) is 13.1. The third kappa shape index (κ3) is 6.09. The number of carbonyl (C=O) groups is 1. The number of benzene rings is 1. The lowest BCUT2D eigenvalue weighted by atomic mass is 10.1. The molecule has 0 aliphatic carbocycles. The topological polar surface area (TPSA) is 47.6 Å². The average molecular weight is 320 g/mol. The number of hydrogen-bond donors (Lipinski definition) is 1. The summed E-state index contributed by atoms with van der Waals surface area (Å²) in [5.41, 5.74) is 0.807. The van der Waals surface area contributed by atoms with Gasteiger partial charge >= 0.3 is 0 Å². The van der Waals surface area contributed by atoms with Gasteiger partial charge in [-0.1, -0.05) is 29.3 Å². The highest BCUT2D eigenvalue weighted by Crippen LogP contribution is 2.22. The fourth-order valence-electron chi connectivity index (χ4n) is 1.63. The lowest BCUT2D eigenvalue weighted by Crippen LogP contribution is -2.36. The summed E-state index contributed by atoms with van der Waals surface area (Å²) in [6.45, 7) is 5.15. The molecule has 0 aliphatic rings. The van der Waals surface area contributed by atoms with Crippen molar-refractivity contribution in [3.8, 4) is 0 Å². The van der Waals surface area contributed by atoms with Crippen LogP contribution in [0, 0.1) is 0 Å². The zero-order chi connectivity index (χ0) is 15.0. The molecule has 0 spiro atoms. The second-order valence-electron chi connectivity index (χ2n) is 4.07. The molecule has 1 rings (SSSR count). The van der Waals surface area contributed by atoms with Gasteiger partial charge in [0.15, 0.2) is 6.29 Å². The molecular formula is C14H19Cl2NO3. The predicted molar refractivity (Wildman–Crippen MR) is 80.2 cm³/mol. The van der Waals surface area contributed by atoms with E-state index in [1.165, 1.54) is 0 Å². The molecule has 0 atom stereocenters. The maximum atomic E-state index is 11.8. The lowest BCUT2D eigenvalue weighted by Gasteiger charge is -2.17. The summed E-state index contributed by atoms with van der Waals surface area (Å²) >= 11 is 11.7. The van der Waals surface area contributed by atoms with Crippen LogP contribution in [0.1, 0.15) is 19.4 Å². The Labute approximate surface area is 129 Å². The minimum Gasteiger partial charge on any atom is -0.351 e. The van der Waals surface area contributed by atoms with Crippen LogP contribution in [-0.4, -0.2) is 32.0 Å². The third-order valence-electron chi connectivity index (χ3n) is 2.52. The molecule has 6 heteroatoms. The van der Waals surface area contributed by atoms with Crippen LogP contribution in [0.3, 0.4) is 0 Å². The van der Waals surface area contributed by atoms with Gasteiger partial charge in [0.05, 0.1) is 23.0 Å². The molecule has 0 saturated heterocycles. The lowest BCUT2D eigenvalue weighted by molar-refractivity contribution is -0.140. The summed E-state index contributed by atoms with van der Waals surface area (Å²) < 4.78 is 10.7. The Bertz CT molecular complexity index is 434. The molecule has 0 bridgehead atoms. The Hall–Kier alpha value is -0.810. The highest BCUT2D eigenvalue weighted by Gasteiger charge is 2.11. The van der Waals surface area contributed by atoms with Crippen molar-refractivity contribution in [1.29, 1.82) is 0 Å². The van der Waals surface area contributed by atoms with E-state index in [4.69, 9.17) is 32.7 Å². The Kier molecular flexibility index (Phi) is 7.92. The van der Waals surface area contributed by atoms with Crippen molar-refractivity contribution in [3.63, 3.8) is 0 Å². The van der Waals surface area contributed by atoms with E-state index in [0.717, 1.165) is 5.56 Å². The van der Waals surface area contributed by atoms with Crippen LogP contribution < -0.4 is 5.32 Å². The van der Waals surface area contributed by atoms with Crippen molar-refractivity contribution < 1.29 is 14.3 Å². The molecule has 0 aromatic heterocycles. The molecule has 112 valence electrons. The van der Waals surface area contributed by atoms with E-state index in [0.29, 0.717) is 29.8 Å². The normalized spacial score (nSPS) is 10.8. The fourth-order valence-corrected chi connectivity index (χ4v) is 1.95. The van der Waals surface area contributed by atoms with Gasteiger partial charge in [-0.25, -0.2) is 0 Å².